The lowest BCUT2D eigenvalue weighted by molar-refractivity contribution is -0.0246. The highest BCUT2D eigenvalue weighted by molar-refractivity contribution is 9.10. The molecule has 0 aromatic carbocycles. The SMILES string of the molecule is COC1(c2cc(B3OC(C)(C)C(C)(C)O3)cc(Br)n2)CCOC1. The molecule has 1 unspecified atom stereocenters. The molecule has 3 heterocycles. The van der Waals surface area contributed by atoms with Gasteiger partial charge in [-0.3, -0.25) is 0 Å². The van der Waals surface area contributed by atoms with Gasteiger partial charge in [-0.25, -0.2) is 4.98 Å². The first kappa shape index (κ1) is 17.4. The smallest absolute Gasteiger partial charge is 0.399 e. The molecule has 1 atom stereocenters. The summed E-state index contributed by atoms with van der Waals surface area (Å²) in [7, 11) is 1.28. The molecule has 3 rings (SSSR count). The minimum absolute atomic E-state index is 0.372. The summed E-state index contributed by atoms with van der Waals surface area (Å²) >= 11 is 3.50. The number of nitrogens with zero attached hydrogens (tertiary/aromatic N) is 1. The Bertz CT molecular complexity index is 586. The fourth-order valence-corrected chi connectivity index (χ4v) is 3.33. The zero-order valence-corrected chi connectivity index (χ0v) is 15.9. The van der Waals surface area contributed by atoms with Crippen molar-refractivity contribution in [2.75, 3.05) is 20.3 Å². The van der Waals surface area contributed by atoms with E-state index in [4.69, 9.17) is 18.8 Å². The van der Waals surface area contributed by atoms with E-state index in [0.29, 0.717) is 13.2 Å². The van der Waals surface area contributed by atoms with Crippen LogP contribution in [0.5, 0.6) is 0 Å². The summed E-state index contributed by atoms with van der Waals surface area (Å²) in [5, 5.41) is 0. The van der Waals surface area contributed by atoms with Crippen molar-refractivity contribution >= 4 is 28.5 Å². The standard InChI is InChI=1S/C16H23BBrNO4/c1-14(2)15(3,4)23-17(22-14)11-8-12(19-13(18)9-11)16(20-5)6-7-21-10-16/h8-9H,6-7,10H2,1-5H3. The van der Waals surface area contributed by atoms with Gasteiger partial charge in [0.05, 0.1) is 23.5 Å². The predicted molar refractivity (Wildman–Crippen MR) is 91.8 cm³/mol. The summed E-state index contributed by atoms with van der Waals surface area (Å²) in [6, 6.07) is 3.94. The summed E-state index contributed by atoms with van der Waals surface area (Å²) < 4.78 is 24.3. The van der Waals surface area contributed by atoms with E-state index >= 15 is 0 Å². The molecule has 0 bridgehead atoms. The highest BCUT2D eigenvalue weighted by atomic mass is 79.9. The van der Waals surface area contributed by atoms with Crippen LogP contribution in [0.25, 0.3) is 0 Å². The van der Waals surface area contributed by atoms with Crippen LogP contribution in [0.1, 0.15) is 39.8 Å². The average molecular weight is 384 g/mol. The number of rotatable bonds is 3. The van der Waals surface area contributed by atoms with Gasteiger partial charge in [-0.2, -0.15) is 0 Å². The number of aromatic nitrogens is 1. The minimum atomic E-state index is -0.498. The Labute approximate surface area is 146 Å². The second kappa shape index (κ2) is 5.81. The Kier molecular flexibility index (Phi) is 4.39. The van der Waals surface area contributed by atoms with Crippen molar-refractivity contribution in [3.63, 3.8) is 0 Å². The van der Waals surface area contributed by atoms with Gasteiger partial charge in [0.25, 0.3) is 0 Å². The zero-order chi connectivity index (χ0) is 16.9. The van der Waals surface area contributed by atoms with Crippen LogP contribution in [0.2, 0.25) is 0 Å². The maximum absolute atomic E-state index is 6.15. The Morgan fingerprint density at radius 2 is 1.83 bits per heavy atom. The number of pyridine rings is 1. The summed E-state index contributed by atoms with van der Waals surface area (Å²) in [5.41, 5.74) is 0.536. The number of hydrogen-bond donors (Lipinski definition) is 0. The van der Waals surface area contributed by atoms with Crippen molar-refractivity contribution in [3.05, 3.63) is 22.4 Å². The van der Waals surface area contributed by atoms with Crippen molar-refractivity contribution in [2.24, 2.45) is 0 Å². The van der Waals surface area contributed by atoms with Crippen molar-refractivity contribution in [2.45, 2.75) is 50.9 Å². The van der Waals surface area contributed by atoms with Crippen LogP contribution in [-0.2, 0) is 24.4 Å². The van der Waals surface area contributed by atoms with E-state index in [9.17, 15) is 0 Å². The monoisotopic (exact) mass is 383 g/mol. The van der Waals surface area contributed by atoms with E-state index in [1.54, 1.807) is 7.11 Å². The molecule has 2 fully saturated rings. The molecule has 0 radical (unpaired) electrons. The van der Waals surface area contributed by atoms with E-state index in [1.807, 2.05) is 39.8 Å². The van der Waals surface area contributed by atoms with Gasteiger partial charge in [-0.15, -0.1) is 0 Å². The second-order valence-corrected chi connectivity index (χ2v) is 8.01. The summed E-state index contributed by atoms with van der Waals surface area (Å²) in [6.45, 7) is 9.37. The molecule has 7 heteroatoms. The lowest BCUT2D eigenvalue weighted by Crippen LogP contribution is -2.41. The number of ether oxygens (including phenoxy) is 2. The number of methoxy groups -OCH3 is 1. The molecule has 0 N–H and O–H groups in total. The molecule has 0 saturated carbocycles. The highest BCUT2D eigenvalue weighted by Gasteiger charge is 2.52. The summed E-state index contributed by atoms with van der Waals surface area (Å²) in [6.07, 6.45) is 0.787. The molecule has 23 heavy (non-hydrogen) atoms. The molecular formula is C16H23BBrNO4. The molecule has 0 aliphatic carbocycles. The number of hydrogen-bond acceptors (Lipinski definition) is 5. The van der Waals surface area contributed by atoms with Gasteiger partial charge in [0, 0.05) is 20.1 Å². The van der Waals surface area contributed by atoms with Gasteiger partial charge >= 0.3 is 7.12 Å². The summed E-state index contributed by atoms with van der Waals surface area (Å²) in [5.74, 6) is 0. The first-order valence-electron chi connectivity index (χ1n) is 7.86. The van der Waals surface area contributed by atoms with Gasteiger partial charge in [-0.05, 0) is 61.2 Å². The first-order valence-corrected chi connectivity index (χ1v) is 8.65. The Balaban J connectivity index is 1.96. The molecule has 2 aliphatic heterocycles. The lowest BCUT2D eigenvalue weighted by atomic mass is 9.78. The third kappa shape index (κ3) is 2.98. The molecule has 5 nitrogen and oxygen atoms in total. The Morgan fingerprint density at radius 1 is 1.17 bits per heavy atom. The van der Waals surface area contributed by atoms with Crippen LogP contribution < -0.4 is 5.46 Å². The van der Waals surface area contributed by atoms with E-state index < -0.39 is 12.7 Å². The van der Waals surface area contributed by atoms with E-state index in [-0.39, 0.29) is 11.2 Å². The molecule has 0 amide bonds. The van der Waals surface area contributed by atoms with E-state index in [0.717, 1.165) is 22.2 Å². The highest BCUT2D eigenvalue weighted by Crippen LogP contribution is 2.37. The van der Waals surface area contributed by atoms with Gasteiger partial charge in [-0.1, -0.05) is 0 Å². The minimum Gasteiger partial charge on any atom is -0.399 e. The largest absolute Gasteiger partial charge is 0.494 e. The zero-order valence-electron chi connectivity index (χ0n) is 14.3. The van der Waals surface area contributed by atoms with Gasteiger partial charge in [0.1, 0.15) is 10.2 Å². The van der Waals surface area contributed by atoms with Crippen LogP contribution >= 0.6 is 15.9 Å². The fraction of sp³-hybridized carbons (Fsp3) is 0.688. The third-order valence-corrected chi connectivity index (χ3v) is 5.59. The van der Waals surface area contributed by atoms with Crippen LogP contribution in [0, 0.1) is 0 Å². The quantitative estimate of drug-likeness (QED) is 0.592. The van der Waals surface area contributed by atoms with Crippen molar-refractivity contribution in [3.8, 4) is 0 Å². The van der Waals surface area contributed by atoms with Gasteiger partial charge < -0.3 is 18.8 Å². The molecular weight excluding hydrogens is 361 g/mol. The van der Waals surface area contributed by atoms with Crippen molar-refractivity contribution < 1.29 is 18.8 Å². The van der Waals surface area contributed by atoms with Gasteiger partial charge in [0.15, 0.2) is 0 Å². The van der Waals surface area contributed by atoms with Crippen LogP contribution in [0.3, 0.4) is 0 Å². The maximum atomic E-state index is 6.15. The third-order valence-electron chi connectivity index (χ3n) is 5.18. The van der Waals surface area contributed by atoms with Crippen molar-refractivity contribution in [1.82, 2.24) is 4.98 Å². The molecule has 1 aromatic heterocycles. The topological polar surface area (TPSA) is 49.8 Å². The van der Waals surface area contributed by atoms with Gasteiger partial charge in [0.2, 0.25) is 0 Å². The van der Waals surface area contributed by atoms with Crippen LogP contribution in [0.4, 0.5) is 0 Å². The molecule has 126 valence electrons. The first-order chi connectivity index (χ1) is 10.7. The second-order valence-electron chi connectivity index (χ2n) is 7.20. The predicted octanol–water partition coefficient (Wildman–Crippen LogP) is 2.41. The van der Waals surface area contributed by atoms with E-state index in [2.05, 4.69) is 20.9 Å². The average Bonchev–Trinajstić information content (AvgIpc) is 3.02. The fourth-order valence-electron chi connectivity index (χ4n) is 2.88. The molecule has 1 aromatic rings. The molecule has 2 aliphatic rings. The maximum Gasteiger partial charge on any atom is 0.494 e. The van der Waals surface area contributed by atoms with Crippen LogP contribution in [0.15, 0.2) is 16.7 Å². The molecule has 2 saturated heterocycles. The summed E-state index contributed by atoms with van der Waals surface area (Å²) in [4.78, 5) is 4.60. The Morgan fingerprint density at radius 3 is 2.35 bits per heavy atom. The number of halogens is 1. The van der Waals surface area contributed by atoms with Crippen molar-refractivity contribution in [1.29, 1.82) is 0 Å². The normalized spacial score (nSPS) is 29.2. The lowest BCUT2D eigenvalue weighted by Gasteiger charge is -2.32. The van der Waals surface area contributed by atoms with Crippen LogP contribution in [-0.4, -0.2) is 43.6 Å². The van der Waals surface area contributed by atoms with E-state index in [1.165, 1.54) is 0 Å². The Hall–Kier alpha value is -0.465. The molecule has 0 spiro atoms.